The molecule has 2 bridgehead atoms. The Hall–Kier alpha value is -1.64. The third-order valence-electron chi connectivity index (χ3n) is 7.59. The largest absolute Gasteiger partial charge is 0.319 e. The number of hydrogen-bond donors (Lipinski definition) is 0. The summed E-state index contributed by atoms with van der Waals surface area (Å²) in [6, 6.07) is 18.5. The number of benzene rings is 2. The first-order valence-electron chi connectivity index (χ1n) is 10.3. The lowest BCUT2D eigenvalue weighted by molar-refractivity contribution is -1.01. The van der Waals surface area contributed by atoms with E-state index in [4.69, 9.17) is 0 Å². The number of nitrogens with zero attached hydrogens (tertiary/aromatic N) is 2. The Balaban J connectivity index is 1.49. The number of hydrogen-bond acceptors (Lipinski definition) is 0. The summed E-state index contributed by atoms with van der Waals surface area (Å²) in [6.07, 6.45) is 1.34. The summed E-state index contributed by atoms with van der Waals surface area (Å²) in [6.45, 7) is 6.60. The van der Waals surface area contributed by atoms with Gasteiger partial charge < -0.3 is 8.97 Å². The molecular weight excluding hydrogens is 316 g/mol. The predicted octanol–water partition coefficient (Wildman–Crippen LogP) is 3.82. The van der Waals surface area contributed by atoms with Gasteiger partial charge in [-0.15, -0.1) is 0 Å². The van der Waals surface area contributed by atoms with Gasteiger partial charge in [-0.1, -0.05) is 48.5 Å². The fourth-order valence-corrected chi connectivity index (χ4v) is 5.94. The average molecular weight is 349 g/mol. The molecule has 1 aliphatic heterocycles. The summed E-state index contributed by atoms with van der Waals surface area (Å²) in [5, 5.41) is 0. The minimum absolute atomic E-state index is 0.603. The molecule has 3 aliphatic carbocycles. The molecule has 6 rings (SSSR count). The maximum atomic E-state index is 2.51. The van der Waals surface area contributed by atoms with Gasteiger partial charge in [0.05, 0.1) is 27.7 Å². The van der Waals surface area contributed by atoms with E-state index >= 15 is 0 Å². The van der Waals surface area contributed by atoms with E-state index in [2.05, 4.69) is 69.7 Å². The molecule has 2 heteroatoms. The number of rotatable bonds is 2. The minimum atomic E-state index is 0.603. The second kappa shape index (κ2) is 5.68. The molecule has 0 spiro atoms. The van der Waals surface area contributed by atoms with E-state index in [-0.39, 0.29) is 0 Å². The summed E-state index contributed by atoms with van der Waals surface area (Å²) < 4.78 is 2.45. The van der Waals surface area contributed by atoms with Crippen molar-refractivity contribution in [3.63, 3.8) is 0 Å². The van der Waals surface area contributed by atoms with Crippen molar-refractivity contribution in [1.29, 1.82) is 0 Å². The Bertz CT molecular complexity index is 780. The van der Waals surface area contributed by atoms with Crippen LogP contribution in [0.15, 0.2) is 48.5 Å². The van der Waals surface area contributed by atoms with Crippen LogP contribution in [0.5, 0.6) is 0 Å². The Morgan fingerprint density at radius 1 is 0.731 bits per heavy atom. The van der Waals surface area contributed by atoms with Crippen molar-refractivity contribution in [2.75, 3.05) is 53.9 Å². The van der Waals surface area contributed by atoms with E-state index in [1.165, 1.54) is 48.1 Å². The van der Waals surface area contributed by atoms with Gasteiger partial charge in [-0.05, 0) is 28.7 Å². The lowest BCUT2D eigenvalue weighted by atomic mass is 9.59. The highest BCUT2D eigenvalue weighted by Crippen LogP contribution is 2.55. The molecule has 2 aromatic rings. The number of piperazine rings is 1. The highest BCUT2D eigenvalue weighted by Gasteiger charge is 2.46. The van der Waals surface area contributed by atoms with E-state index in [0.717, 1.165) is 5.92 Å². The first kappa shape index (κ1) is 16.5. The zero-order valence-electron chi connectivity index (χ0n) is 16.5. The molecule has 0 aromatic heterocycles. The molecule has 1 unspecified atom stereocenters. The average Bonchev–Trinajstić information content (AvgIpc) is 2.65. The van der Waals surface area contributed by atoms with Gasteiger partial charge >= 0.3 is 0 Å². The Morgan fingerprint density at radius 2 is 1.23 bits per heavy atom. The molecule has 0 radical (unpaired) electrons. The second-order valence-electron chi connectivity index (χ2n) is 9.92. The number of fused-ring (bicyclic) bond motifs is 1. The first-order valence-corrected chi connectivity index (χ1v) is 10.3. The van der Waals surface area contributed by atoms with Crippen molar-refractivity contribution in [2.24, 2.45) is 5.92 Å². The summed E-state index contributed by atoms with van der Waals surface area (Å²) >= 11 is 0. The Morgan fingerprint density at radius 3 is 1.77 bits per heavy atom. The number of likely N-dealkylation sites (N-methyl/N-ethyl adjacent to an activating group) is 2. The van der Waals surface area contributed by atoms with Gasteiger partial charge in [-0.2, -0.15) is 0 Å². The van der Waals surface area contributed by atoms with Crippen LogP contribution < -0.4 is 0 Å². The SMILES string of the molecule is C[N+]1(C)CC[N+](C)(CC2CC3c4ccccc4C2c2ccccc23)CC1. The van der Waals surface area contributed by atoms with Crippen LogP contribution >= 0.6 is 0 Å². The number of quaternary nitrogens is 2. The summed E-state index contributed by atoms with van der Waals surface area (Å²) in [5.41, 5.74) is 6.44. The fourth-order valence-electron chi connectivity index (χ4n) is 5.94. The molecule has 26 heavy (non-hydrogen) atoms. The minimum Gasteiger partial charge on any atom is -0.319 e. The van der Waals surface area contributed by atoms with Crippen LogP contribution in [0.1, 0.15) is 40.5 Å². The van der Waals surface area contributed by atoms with Gasteiger partial charge in [0.15, 0.2) is 0 Å². The van der Waals surface area contributed by atoms with E-state index in [1.54, 1.807) is 22.3 Å². The van der Waals surface area contributed by atoms with Crippen molar-refractivity contribution in [1.82, 2.24) is 0 Å². The maximum Gasteiger partial charge on any atom is 0.128 e. The quantitative estimate of drug-likeness (QED) is 0.724. The molecule has 2 aromatic carbocycles. The monoisotopic (exact) mass is 348 g/mol. The summed E-state index contributed by atoms with van der Waals surface area (Å²) in [5.74, 6) is 2.00. The molecule has 0 N–H and O–H groups in total. The van der Waals surface area contributed by atoms with E-state index < -0.39 is 0 Å². The third-order valence-corrected chi connectivity index (χ3v) is 7.59. The fraction of sp³-hybridized carbons (Fsp3) is 0.500. The molecule has 1 heterocycles. The smallest absolute Gasteiger partial charge is 0.128 e. The Labute approximate surface area is 158 Å². The summed E-state index contributed by atoms with van der Waals surface area (Å²) in [4.78, 5) is 0. The second-order valence-corrected chi connectivity index (χ2v) is 9.92. The van der Waals surface area contributed by atoms with Gasteiger partial charge in [0.2, 0.25) is 0 Å². The van der Waals surface area contributed by atoms with Crippen LogP contribution in [0.4, 0.5) is 0 Å². The molecule has 1 atom stereocenters. The van der Waals surface area contributed by atoms with Gasteiger partial charge in [0.1, 0.15) is 26.2 Å². The third kappa shape index (κ3) is 2.54. The van der Waals surface area contributed by atoms with Crippen LogP contribution in [-0.2, 0) is 0 Å². The summed E-state index contributed by atoms with van der Waals surface area (Å²) in [7, 11) is 7.29. The molecule has 0 saturated carbocycles. The molecular formula is C24H32N2+2. The van der Waals surface area contributed by atoms with Crippen molar-refractivity contribution in [2.45, 2.75) is 18.3 Å². The van der Waals surface area contributed by atoms with Gasteiger partial charge in [-0.25, -0.2) is 0 Å². The van der Waals surface area contributed by atoms with Gasteiger partial charge in [-0.3, -0.25) is 0 Å². The zero-order valence-corrected chi connectivity index (χ0v) is 16.5. The van der Waals surface area contributed by atoms with E-state index in [1.807, 2.05) is 0 Å². The molecule has 4 aliphatic rings. The zero-order chi connectivity index (χ0) is 17.9. The first-order chi connectivity index (χ1) is 12.5. The molecule has 1 saturated heterocycles. The van der Waals surface area contributed by atoms with Crippen LogP contribution in [0.3, 0.4) is 0 Å². The van der Waals surface area contributed by atoms with Crippen molar-refractivity contribution < 1.29 is 8.97 Å². The lowest BCUT2D eigenvalue weighted by Gasteiger charge is -2.50. The van der Waals surface area contributed by atoms with Crippen LogP contribution in [0.25, 0.3) is 0 Å². The molecule has 0 amide bonds. The Kier molecular flexibility index (Phi) is 3.61. The highest BCUT2D eigenvalue weighted by atomic mass is 15.4. The maximum absolute atomic E-state index is 2.51. The highest BCUT2D eigenvalue weighted by molar-refractivity contribution is 5.55. The van der Waals surface area contributed by atoms with Crippen LogP contribution in [-0.4, -0.2) is 62.8 Å². The van der Waals surface area contributed by atoms with Crippen LogP contribution in [0, 0.1) is 5.92 Å². The topological polar surface area (TPSA) is 0 Å². The van der Waals surface area contributed by atoms with Crippen molar-refractivity contribution in [3.8, 4) is 0 Å². The van der Waals surface area contributed by atoms with E-state index in [0.29, 0.717) is 11.8 Å². The molecule has 136 valence electrons. The molecule has 1 fully saturated rings. The normalized spacial score (nSPS) is 30.5. The van der Waals surface area contributed by atoms with Crippen molar-refractivity contribution >= 4 is 0 Å². The van der Waals surface area contributed by atoms with Gasteiger partial charge in [0.25, 0.3) is 0 Å². The van der Waals surface area contributed by atoms with E-state index in [9.17, 15) is 0 Å². The predicted molar refractivity (Wildman–Crippen MR) is 107 cm³/mol. The van der Waals surface area contributed by atoms with Gasteiger partial charge in [0, 0.05) is 17.8 Å². The van der Waals surface area contributed by atoms with Crippen molar-refractivity contribution in [3.05, 3.63) is 70.8 Å². The lowest BCUT2D eigenvalue weighted by Crippen LogP contribution is -2.64. The standard InChI is InChI=1S/C24H32N2/c1-25(2)12-14-26(3,15-13-25)17-18-16-23-19-8-4-6-10-21(19)24(18)22-11-7-5-9-20(22)23/h4-11,18,23-24H,12-17H2,1-3H3/q+2. The molecule has 2 nitrogen and oxygen atoms in total. The van der Waals surface area contributed by atoms with Crippen LogP contribution in [0.2, 0.25) is 0 Å².